The topological polar surface area (TPSA) is 115 Å². The van der Waals surface area contributed by atoms with Gasteiger partial charge in [0.1, 0.15) is 5.69 Å². The molecule has 2 aromatic carbocycles. The quantitative estimate of drug-likeness (QED) is 0.511. The van der Waals surface area contributed by atoms with Crippen molar-refractivity contribution in [1.82, 2.24) is 0 Å². The van der Waals surface area contributed by atoms with Crippen LogP contribution in [0, 0.1) is 17.0 Å². The van der Waals surface area contributed by atoms with Gasteiger partial charge in [-0.3, -0.25) is 14.8 Å². The summed E-state index contributed by atoms with van der Waals surface area (Å²) in [5.41, 5.74) is 5.73. The lowest BCUT2D eigenvalue weighted by Crippen LogP contribution is -2.15. The van der Waals surface area contributed by atoms with Crippen molar-refractivity contribution in [1.29, 1.82) is 0 Å². The van der Waals surface area contributed by atoms with Crippen molar-refractivity contribution in [3.8, 4) is 0 Å². The van der Waals surface area contributed by atoms with Crippen LogP contribution in [0.5, 0.6) is 0 Å². The molecule has 0 aliphatic heterocycles. The number of benzene rings is 2. The third-order valence-corrected chi connectivity index (χ3v) is 4.36. The number of nitrogens with two attached hydrogens (primary N) is 1. The van der Waals surface area contributed by atoms with E-state index in [9.17, 15) is 18.5 Å². The zero-order valence-electron chi connectivity index (χ0n) is 11.1. The van der Waals surface area contributed by atoms with Gasteiger partial charge in [0.05, 0.1) is 9.82 Å². The predicted octanol–water partition coefficient (Wildman–Crippen LogP) is 2.29. The van der Waals surface area contributed by atoms with Gasteiger partial charge in [0.2, 0.25) is 0 Å². The van der Waals surface area contributed by atoms with Crippen molar-refractivity contribution in [2.24, 2.45) is 0 Å². The second-order valence-electron chi connectivity index (χ2n) is 4.41. The number of anilines is 2. The summed E-state index contributed by atoms with van der Waals surface area (Å²) in [5.74, 6) is 0. The molecule has 2 rings (SSSR count). The van der Waals surface area contributed by atoms with E-state index in [-0.39, 0.29) is 10.6 Å². The van der Waals surface area contributed by atoms with Gasteiger partial charge in [0.25, 0.3) is 15.7 Å². The zero-order chi connectivity index (χ0) is 15.6. The van der Waals surface area contributed by atoms with E-state index in [0.29, 0.717) is 11.3 Å². The van der Waals surface area contributed by atoms with Crippen LogP contribution in [0.15, 0.2) is 47.4 Å². The molecule has 0 spiro atoms. The molecule has 8 heteroatoms. The predicted molar refractivity (Wildman–Crippen MR) is 79.5 cm³/mol. The Hall–Kier alpha value is -2.61. The monoisotopic (exact) mass is 307 g/mol. The first-order chi connectivity index (χ1) is 9.81. The minimum Gasteiger partial charge on any atom is -0.393 e. The van der Waals surface area contributed by atoms with Crippen LogP contribution in [0.2, 0.25) is 0 Å². The van der Waals surface area contributed by atoms with E-state index < -0.39 is 20.6 Å². The van der Waals surface area contributed by atoms with Crippen molar-refractivity contribution in [2.45, 2.75) is 11.8 Å². The van der Waals surface area contributed by atoms with Crippen molar-refractivity contribution >= 4 is 27.1 Å². The van der Waals surface area contributed by atoms with E-state index in [0.717, 1.165) is 6.07 Å². The van der Waals surface area contributed by atoms with E-state index in [2.05, 4.69) is 4.72 Å². The summed E-state index contributed by atoms with van der Waals surface area (Å²) in [6.07, 6.45) is 0. The van der Waals surface area contributed by atoms with Gasteiger partial charge >= 0.3 is 0 Å². The average Bonchev–Trinajstić information content (AvgIpc) is 2.38. The fourth-order valence-electron chi connectivity index (χ4n) is 1.86. The number of hydrogen-bond acceptors (Lipinski definition) is 5. The lowest BCUT2D eigenvalue weighted by molar-refractivity contribution is -0.384. The molecule has 0 saturated heterocycles. The molecule has 0 saturated carbocycles. The molecule has 110 valence electrons. The van der Waals surface area contributed by atoms with Crippen molar-refractivity contribution in [3.05, 3.63) is 58.1 Å². The van der Waals surface area contributed by atoms with Gasteiger partial charge in [-0.2, -0.15) is 0 Å². The molecule has 0 amide bonds. The van der Waals surface area contributed by atoms with E-state index >= 15 is 0 Å². The van der Waals surface area contributed by atoms with Crippen molar-refractivity contribution in [2.75, 3.05) is 10.5 Å². The summed E-state index contributed by atoms with van der Waals surface area (Å²) in [4.78, 5) is 10.00. The molecule has 7 nitrogen and oxygen atoms in total. The number of nitro groups is 1. The fourth-order valence-corrected chi connectivity index (χ4v) is 3.17. The van der Waals surface area contributed by atoms with Crippen molar-refractivity contribution < 1.29 is 13.3 Å². The highest BCUT2D eigenvalue weighted by Gasteiger charge is 2.23. The van der Waals surface area contributed by atoms with E-state index in [1.807, 2.05) is 0 Å². The van der Waals surface area contributed by atoms with Gasteiger partial charge in [-0.25, -0.2) is 8.42 Å². The van der Waals surface area contributed by atoms with Gasteiger partial charge in [-0.05, 0) is 30.7 Å². The maximum atomic E-state index is 12.3. The second-order valence-corrected chi connectivity index (χ2v) is 6.06. The molecule has 0 aliphatic rings. The third kappa shape index (κ3) is 3.11. The highest BCUT2D eigenvalue weighted by atomic mass is 32.2. The average molecular weight is 307 g/mol. The first-order valence-electron chi connectivity index (χ1n) is 5.93. The molecule has 0 unspecified atom stereocenters. The van der Waals surface area contributed by atoms with E-state index in [4.69, 9.17) is 5.73 Å². The van der Waals surface area contributed by atoms with Crippen LogP contribution in [-0.2, 0) is 10.0 Å². The Balaban J connectivity index is 2.50. The van der Waals surface area contributed by atoms with Crippen LogP contribution in [-0.4, -0.2) is 13.3 Å². The fraction of sp³-hybridized carbons (Fsp3) is 0.0769. The number of nitro benzene ring substituents is 1. The Morgan fingerprint density at radius 1 is 1.19 bits per heavy atom. The normalized spacial score (nSPS) is 11.1. The molecule has 0 aromatic heterocycles. The second kappa shape index (κ2) is 5.41. The van der Waals surface area contributed by atoms with E-state index in [1.54, 1.807) is 30.3 Å². The number of hydrogen-bond donors (Lipinski definition) is 2. The zero-order valence-corrected chi connectivity index (χ0v) is 11.9. The molecule has 0 radical (unpaired) electrons. The molecule has 0 atom stereocenters. The summed E-state index contributed by atoms with van der Waals surface area (Å²) in [6.45, 7) is 1.53. The lowest BCUT2D eigenvalue weighted by atomic mass is 10.2. The summed E-state index contributed by atoms with van der Waals surface area (Å²) >= 11 is 0. The summed E-state index contributed by atoms with van der Waals surface area (Å²) in [5, 5.41) is 10.9. The number of nitrogen functional groups attached to an aromatic ring is 1. The van der Waals surface area contributed by atoms with Gasteiger partial charge in [0.15, 0.2) is 0 Å². The largest absolute Gasteiger partial charge is 0.393 e. The van der Waals surface area contributed by atoms with Gasteiger partial charge in [0, 0.05) is 11.8 Å². The summed E-state index contributed by atoms with van der Waals surface area (Å²) in [7, 11) is -3.93. The molecule has 2 aromatic rings. The number of nitrogens with zero attached hydrogens (tertiary/aromatic N) is 1. The van der Waals surface area contributed by atoms with Crippen LogP contribution in [0.25, 0.3) is 0 Å². The molecular formula is C13H13N3O4S. The minimum absolute atomic E-state index is 0.0730. The third-order valence-electron chi connectivity index (χ3n) is 2.84. The molecular weight excluding hydrogens is 294 g/mol. The van der Waals surface area contributed by atoms with Crippen LogP contribution in [0.3, 0.4) is 0 Å². The first-order valence-corrected chi connectivity index (χ1v) is 7.42. The summed E-state index contributed by atoms with van der Waals surface area (Å²) in [6, 6.07) is 10.5. The number of nitrogens with one attached hydrogen (secondary N) is 1. The Kier molecular flexibility index (Phi) is 3.81. The molecule has 0 fully saturated rings. The van der Waals surface area contributed by atoms with Crippen LogP contribution in [0.1, 0.15) is 5.56 Å². The van der Waals surface area contributed by atoms with Crippen LogP contribution < -0.4 is 10.5 Å². The number of sulfonamides is 1. The first kappa shape index (κ1) is 14.8. The standard InChI is InChI=1S/C13H13N3O4S/c1-9-7-11(14)12(16(17)18)8-13(9)21(19,20)15-10-5-3-2-4-6-10/h2-8,15H,14H2,1H3. The van der Waals surface area contributed by atoms with Gasteiger partial charge < -0.3 is 5.73 Å². The smallest absolute Gasteiger partial charge is 0.293 e. The van der Waals surface area contributed by atoms with Gasteiger partial charge in [-0.15, -0.1) is 0 Å². The Morgan fingerprint density at radius 2 is 1.81 bits per heavy atom. The molecule has 0 aliphatic carbocycles. The molecule has 0 heterocycles. The van der Waals surface area contributed by atoms with Crippen LogP contribution in [0.4, 0.5) is 17.1 Å². The molecule has 21 heavy (non-hydrogen) atoms. The maximum absolute atomic E-state index is 12.3. The van der Waals surface area contributed by atoms with Crippen molar-refractivity contribution in [3.63, 3.8) is 0 Å². The molecule has 0 bridgehead atoms. The highest BCUT2D eigenvalue weighted by Crippen LogP contribution is 2.29. The Morgan fingerprint density at radius 3 is 2.38 bits per heavy atom. The number of para-hydroxylation sites is 1. The number of rotatable bonds is 4. The maximum Gasteiger partial charge on any atom is 0.293 e. The highest BCUT2D eigenvalue weighted by molar-refractivity contribution is 7.92. The number of aryl methyl sites for hydroxylation is 1. The summed E-state index contributed by atoms with van der Waals surface area (Å²) < 4.78 is 27.0. The molecule has 3 N–H and O–H groups in total. The Labute approximate surface area is 121 Å². The lowest BCUT2D eigenvalue weighted by Gasteiger charge is -2.11. The SMILES string of the molecule is Cc1cc(N)c([N+](=O)[O-])cc1S(=O)(=O)Nc1ccccc1. The Bertz CT molecular complexity index is 789. The van der Waals surface area contributed by atoms with Crippen LogP contribution >= 0.6 is 0 Å². The van der Waals surface area contributed by atoms with E-state index in [1.165, 1.54) is 13.0 Å². The van der Waals surface area contributed by atoms with Gasteiger partial charge in [-0.1, -0.05) is 18.2 Å². The minimum atomic E-state index is -3.93.